The van der Waals surface area contributed by atoms with Crippen molar-refractivity contribution in [2.45, 2.75) is 161 Å². The highest BCUT2D eigenvalue weighted by Crippen LogP contribution is 2.42. The Labute approximate surface area is 511 Å². The minimum absolute atomic E-state index is 0.0237. The largest absolute Gasteiger partial charge is 0.504 e. The maximum absolute atomic E-state index is 14.3. The van der Waals surface area contributed by atoms with Gasteiger partial charge in [0, 0.05) is 19.1 Å². The highest BCUT2D eigenvalue weighted by Gasteiger charge is 2.64. The number of aromatic hydroxyl groups is 1. The molecule has 24 atom stereocenters. The van der Waals surface area contributed by atoms with Gasteiger partial charge in [-0.05, 0) is 66.6 Å². The average molecular weight is 1280 g/mol. The van der Waals surface area contributed by atoms with Gasteiger partial charge in [-0.25, -0.2) is 14.4 Å². The highest BCUT2D eigenvalue weighted by atomic mass is 16.8. The lowest BCUT2D eigenvalue weighted by Crippen LogP contribution is -2.69. The molecule has 0 saturated carbocycles. The van der Waals surface area contributed by atoms with Crippen LogP contribution in [0.2, 0.25) is 0 Å². The molecule has 5 heterocycles. The van der Waals surface area contributed by atoms with Crippen molar-refractivity contribution in [3.05, 3.63) is 102 Å². The molecule has 5 fully saturated rings. The molecule has 0 aromatic heterocycles. The molecule has 5 aliphatic heterocycles. The van der Waals surface area contributed by atoms with Gasteiger partial charge in [0.1, 0.15) is 117 Å². The summed E-state index contributed by atoms with van der Waals surface area (Å²) in [7, 11) is 1.28. The summed E-state index contributed by atoms with van der Waals surface area (Å²) in [5.74, 6) is -7.71. The van der Waals surface area contributed by atoms with Crippen LogP contribution in [0, 0.1) is 0 Å². The number of aliphatic hydroxyl groups excluding tert-OH is 13. The number of carbonyl (C=O) groups excluding carboxylic acids is 4. The fourth-order valence-electron chi connectivity index (χ4n) is 10.2. The van der Waals surface area contributed by atoms with E-state index in [4.69, 9.17) is 66.3 Å². The third-order valence-electron chi connectivity index (χ3n) is 15.2. The third-order valence-corrected chi connectivity index (χ3v) is 15.2. The molecule has 0 amide bonds. The number of hydrogen-bond acceptors (Lipinski definition) is 32. The van der Waals surface area contributed by atoms with Gasteiger partial charge in [-0.3, -0.25) is 4.79 Å². The van der Waals surface area contributed by atoms with Crippen LogP contribution in [0.1, 0.15) is 35.3 Å². The molecule has 8 rings (SSSR count). The number of benzene rings is 3. The topological polar surface area (TPSA) is 481 Å². The van der Waals surface area contributed by atoms with Crippen LogP contribution in [-0.2, 0) is 71.2 Å². The minimum atomic E-state index is -2.96. The summed E-state index contributed by atoms with van der Waals surface area (Å²) >= 11 is 0. The van der Waals surface area contributed by atoms with Crippen LogP contribution in [0.5, 0.6) is 17.2 Å². The fraction of sp³-hybridized carbons (Fsp3) is 0.552. The van der Waals surface area contributed by atoms with Gasteiger partial charge >= 0.3 is 23.9 Å². The van der Waals surface area contributed by atoms with E-state index in [9.17, 15) is 90.7 Å². The molecule has 0 unspecified atom stereocenters. The summed E-state index contributed by atoms with van der Waals surface area (Å²) in [5, 5.41) is 151. The minimum Gasteiger partial charge on any atom is -0.504 e. The first-order valence-corrected chi connectivity index (χ1v) is 28.1. The van der Waals surface area contributed by atoms with Crippen molar-refractivity contribution in [1.29, 1.82) is 0 Å². The van der Waals surface area contributed by atoms with Gasteiger partial charge in [0.05, 0.1) is 38.6 Å². The summed E-state index contributed by atoms with van der Waals surface area (Å²) in [6.45, 7) is -2.94. The van der Waals surface area contributed by atoms with Gasteiger partial charge in [-0.2, -0.15) is 0 Å². The van der Waals surface area contributed by atoms with Crippen LogP contribution in [0.15, 0.2) is 84.9 Å². The maximum Gasteiger partial charge on any atom is 0.338 e. The number of ether oxygens (including phenoxy) is 14. The number of rotatable bonds is 23. The summed E-state index contributed by atoms with van der Waals surface area (Å²) < 4.78 is 82.6. The SMILES string of the molecule is COc1cc(/C=C/C(=O)OC[C@@]2(O[C@H]3O[C@H](COC(C)=O)[C@@H](OC(=O)/C=C/c4ccc(O[C@@H]5O[C@@H](C)[C@H](O)[C@@H](O)[C@H]5O)cc4)[C@H](O[C@@H]4O[C@H](CO)[C@@H](O)[C@H](O)[C@H]4O)[C@H]3O[C@@H]3O[C@H](CO)[C@@H](O)[C@H](O)[C@H]3O)O[C@H](CO)[C@@H](O)[C@@H]2OC(=O)c2ccccc2)ccc1O. The van der Waals surface area contributed by atoms with E-state index in [2.05, 4.69) is 0 Å². The first kappa shape index (κ1) is 69.5. The lowest BCUT2D eigenvalue weighted by molar-refractivity contribution is -0.421. The Morgan fingerprint density at radius 1 is 0.556 bits per heavy atom. The van der Waals surface area contributed by atoms with Crippen LogP contribution in [-0.4, -0.2) is 282 Å². The third kappa shape index (κ3) is 16.1. The molecule has 14 N–H and O–H groups in total. The smallest absolute Gasteiger partial charge is 0.338 e. The second-order valence-corrected chi connectivity index (χ2v) is 21.4. The number of carbonyl (C=O) groups is 4. The van der Waals surface area contributed by atoms with Crippen LogP contribution in [0.25, 0.3) is 12.2 Å². The van der Waals surface area contributed by atoms with E-state index in [1.807, 2.05) is 0 Å². The van der Waals surface area contributed by atoms with Gasteiger partial charge in [0.25, 0.3) is 0 Å². The van der Waals surface area contributed by atoms with Crippen LogP contribution in [0.4, 0.5) is 0 Å². The molecule has 90 heavy (non-hydrogen) atoms. The molecule has 496 valence electrons. The molecule has 0 bridgehead atoms. The van der Waals surface area contributed by atoms with Gasteiger partial charge in [0.15, 0.2) is 42.6 Å². The first-order valence-electron chi connectivity index (χ1n) is 28.1. The Bertz CT molecular complexity index is 2910. The van der Waals surface area contributed by atoms with E-state index >= 15 is 0 Å². The fourth-order valence-corrected chi connectivity index (χ4v) is 10.2. The number of phenolic OH excluding ortho intramolecular Hbond substituents is 1. The van der Waals surface area contributed by atoms with E-state index in [0.29, 0.717) is 5.56 Å². The Morgan fingerprint density at radius 3 is 1.71 bits per heavy atom. The van der Waals surface area contributed by atoms with Crippen molar-refractivity contribution in [1.82, 2.24) is 0 Å². The van der Waals surface area contributed by atoms with E-state index < -0.39 is 204 Å². The highest BCUT2D eigenvalue weighted by molar-refractivity contribution is 5.90. The predicted molar refractivity (Wildman–Crippen MR) is 293 cm³/mol. The molecular formula is C58H72O32. The number of esters is 4. The van der Waals surface area contributed by atoms with E-state index in [1.54, 1.807) is 6.07 Å². The van der Waals surface area contributed by atoms with Gasteiger partial charge < -0.3 is 138 Å². The summed E-state index contributed by atoms with van der Waals surface area (Å²) in [6.07, 6.45) is -41.0. The second kappa shape index (κ2) is 30.8. The van der Waals surface area contributed by atoms with Crippen molar-refractivity contribution >= 4 is 36.0 Å². The summed E-state index contributed by atoms with van der Waals surface area (Å²) in [4.78, 5) is 54.8. The van der Waals surface area contributed by atoms with Crippen LogP contribution in [0.3, 0.4) is 0 Å². The van der Waals surface area contributed by atoms with E-state index in [1.165, 1.54) is 92.9 Å². The molecule has 3 aromatic carbocycles. The Hall–Kier alpha value is -6.42. The van der Waals surface area contributed by atoms with Crippen molar-refractivity contribution in [3.63, 3.8) is 0 Å². The van der Waals surface area contributed by atoms with Crippen molar-refractivity contribution in [2.75, 3.05) is 40.1 Å². The zero-order valence-electron chi connectivity index (χ0n) is 48.2. The molecule has 3 aromatic rings. The Morgan fingerprint density at radius 2 is 1.11 bits per heavy atom. The van der Waals surface area contributed by atoms with Crippen molar-refractivity contribution < 1.29 is 157 Å². The zero-order valence-corrected chi connectivity index (χ0v) is 48.2. The number of hydrogen-bond donors (Lipinski definition) is 14. The van der Waals surface area contributed by atoms with E-state index in [0.717, 1.165) is 19.1 Å². The summed E-state index contributed by atoms with van der Waals surface area (Å²) in [5.41, 5.74) is 0.443. The number of phenols is 1. The first-order chi connectivity index (χ1) is 42.9. The Kier molecular flexibility index (Phi) is 23.8. The molecule has 0 spiro atoms. The lowest BCUT2D eigenvalue weighted by atomic mass is 9.95. The van der Waals surface area contributed by atoms with Crippen molar-refractivity contribution in [2.24, 2.45) is 0 Å². The molecule has 5 aliphatic rings. The van der Waals surface area contributed by atoms with Gasteiger partial charge in [-0.1, -0.05) is 36.4 Å². The zero-order chi connectivity index (χ0) is 65.3. The Balaban J connectivity index is 1.22. The average Bonchev–Trinajstić information content (AvgIpc) is 1.41. The number of methoxy groups -OCH3 is 1. The van der Waals surface area contributed by atoms with Crippen LogP contribution >= 0.6 is 0 Å². The maximum atomic E-state index is 14.3. The summed E-state index contributed by atoms with van der Waals surface area (Å²) in [6, 6.07) is 16.8. The second-order valence-electron chi connectivity index (χ2n) is 21.4. The van der Waals surface area contributed by atoms with E-state index in [-0.39, 0.29) is 28.4 Å². The molecule has 32 heteroatoms. The van der Waals surface area contributed by atoms with Gasteiger partial charge in [0.2, 0.25) is 12.1 Å². The molecular weight excluding hydrogens is 1210 g/mol. The standard InChI is InChI=1S/C58H72O32/c1-25-39(66)43(70)46(73)54(80-25)81-30-14-9-27(10-15-30)12-18-38(65)85-49-36(23-78-26(2)62)84-57(51(87-56-48(75)45(72)41(68)34(21-60)83-56)50(49)86-55-47(74)44(71)40(67)33(20-59)82-55)90-58(24-79-37(64)17-13-28-11-16-31(63)32(19-28)77-3)52(42(69)35(22-61)89-58)88-53(76)29-7-5-4-6-8-29/h4-19,25,33-36,39-52,54-57,59-61,63,66-75H,20-24H2,1-3H3/b17-13+,18-12+/t25-,33+,34+,35+,36+,39-,40+,41+,42+,43+,44-,45-,46+,47+,48+,49+,50-,51+,52-,54-,55-,56-,57+,58-/m0/s1. The molecule has 0 aliphatic carbocycles. The molecule has 5 saturated heterocycles. The number of aliphatic hydroxyl groups is 13. The quantitative estimate of drug-likeness (QED) is 0.0240. The lowest BCUT2D eigenvalue weighted by Gasteiger charge is -2.50. The monoisotopic (exact) mass is 1280 g/mol. The molecule has 32 nitrogen and oxygen atoms in total. The molecule has 0 radical (unpaired) electrons. The van der Waals surface area contributed by atoms with Crippen LogP contribution < -0.4 is 9.47 Å². The van der Waals surface area contributed by atoms with Crippen molar-refractivity contribution in [3.8, 4) is 17.2 Å². The predicted octanol–water partition coefficient (Wildman–Crippen LogP) is -4.86. The normalized spacial score (nSPS) is 37.1. The van der Waals surface area contributed by atoms with Gasteiger partial charge in [-0.15, -0.1) is 0 Å².